The van der Waals surface area contributed by atoms with Crippen LogP contribution in [0.5, 0.6) is 0 Å². The Morgan fingerprint density at radius 3 is 2.17 bits per heavy atom. The number of rotatable bonds is 13. The number of carbonyl (C=O) groups is 3. The molecule has 11 heteroatoms. The third-order valence-corrected chi connectivity index (χ3v) is 8.87. The van der Waals surface area contributed by atoms with Gasteiger partial charge in [-0.1, -0.05) is 60.7 Å². The highest BCUT2D eigenvalue weighted by Gasteiger charge is 2.32. The van der Waals surface area contributed by atoms with Gasteiger partial charge < -0.3 is 36.1 Å². The number of aromatic carboxylic acids is 1. The number of thioether (sulfide) groups is 1. The Bertz CT molecular complexity index is 1680. The number of aliphatic hydroxyl groups excluding tert-OH is 1. The molecule has 4 aromatic rings. The lowest BCUT2D eigenvalue weighted by Crippen LogP contribution is -2.31. The average molecular weight is 656 g/mol. The van der Waals surface area contributed by atoms with Gasteiger partial charge in [-0.15, -0.1) is 11.8 Å². The van der Waals surface area contributed by atoms with Crippen LogP contribution in [0.25, 0.3) is 0 Å². The van der Waals surface area contributed by atoms with Gasteiger partial charge in [-0.05, 0) is 53.9 Å². The number of para-hydroxylation sites is 2. The van der Waals surface area contributed by atoms with Crippen molar-refractivity contribution in [2.45, 2.75) is 55.7 Å². The highest BCUT2D eigenvalue weighted by atomic mass is 32.2. The first-order valence-corrected chi connectivity index (χ1v) is 16.3. The van der Waals surface area contributed by atoms with Gasteiger partial charge in [-0.3, -0.25) is 9.59 Å². The van der Waals surface area contributed by atoms with E-state index in [1.54, 1.807) is 54.6 Å². The Morgan fingerprint density at radius 1 is 0.809 bits per heavy atom. The Labute approximate surface area is 277 Å². The Hall–Kier alpha value is -4.68. The standard InChI is InChI=1S/C36H37N3O7S/c37-29-7-2-3-8-30(29)39-34(42)11-5-10-33(41)38-26-18-16-25(17-19-26)36-45-27(22-47-32-9-4-1-6-28(32)35(43)44)20-31(46-36)24-14-12-23(21-40)13-15-24/h1-4,6-9,12-19,27,31,36,40H,5,10-11,20-22,37H2,(H,38,41)(H,39,42)(H,43,44). The summed E-state index contributed by atoms with van der Waals surface area (Å²) in [6.45, 7) is -0.0537. The Morgan fingerprint density at radius 2 is 1.47 bits per heavy atom. The summed E-state index contributed by atoms with van der Waals surface area (Å²) in [5.41, 5.74) is 10.3. The molecule has 4 aromatic carbocycles. The number of ether oxygens (including phenoxy) is 2. The normalized spacial score (nSPS) is 17.5. The molecule has 1 aliphatic heterocycles. The highest BCUT2D eigenvalue weighted by Crippen LogP contribution is 2.40. The number of nitrogens with one attached hydrogen (secondary N) is 2. The first-order chi connectivity index (χ1) is 22.8. The van der Waals surface area contributed by atoms with E-state index in [-0.39, 0.29) is 49.0 Å². The van der Waals surface area contributed by atoms with E-state index in [1.807, 2.05) is 42.5 Å². The van der Waals surface area contributed by atoms with Crippen LogP contribution in [0.15, 0.2) is 102 Å². The quantitative estimate of drug-likeness (QED) is 0.0795. The van der Waals surface area contributed by atoms with E-state index in [2.05, 4.69) is 10.6 Å². The average Bonchev–Trinajstić information content (AvgIpc) is 3.08. The molecule has 0 saturated carbocycles. The topological polar surface area (TPSA) is 160 Å². The number of nitrogens with two attached hydrogens (primary N) is 1. The first-order valence-electron chi connectivity index (χ1n) is 15.3. The molecule has 5 rings (SSSR count). The predicted octanol–water partition coefficient (Wildman–Crippen LogP) is 6.54. The van der Waals surface area contributed by atoms with Crippen LogP contribution in [-0.2, 0) is 25.7 Å². The minimum Gasteiger partial charge on any atom is -0.478 e. The van der Waals surface area contributed by atoms with Gasteiger partial charge in [-0.2, -0.15) is 0 Å². The SMILES string of the molecule is Nc1ccccc1NC(=O)CCCC(=O)Nc1ccc(C2OC(CSc3ccccc3C(=O)O)CC(c3ccc(CO)cc3)O2)cc1. The third-order valence-electron chi connectivity index (χ3n) is 7.67. The summed E-state index contributed by atoms with van der Waals surface area (Å²) in [5, 5.41) is 24.7. The Balaban J connectivity index is 1.19. The lowest BCUT2D eigenvalue weighted by atomic mass is 10.0. The van der Waals surface area contributed by atoms with Gasteiger partial charge in [0.1, 0.15) is 0 Å². The van der Waals surface area contributed by atoms with Gasteiger partial charge in [0.25, 0.3) is 0 Å². The number of anilines is 3. The van der Waals surface area contributed by atoms with Gasteiger partial charge in [0.05, 0.1) is 35.8 Å². The van der Waals surface area contributed by atoms with Gasteiger partial charge in [-0.25, -0.2) is 4.79 Å². The summed E-state index contributed by atoms with van der Waals surface area (Å²) < 4.78 is 12.8. The monoisotopic (exact) mass is 655 g/mol. The van der Waals surface area contributed by atoms with Crippen molar-refractivity contribution >= 4 is 46.6 Å². The molecule has 47 heavy (non-hydrogen) atoms. The fourth-order valence-electron chi connectivity index (χ4n) is 5.15. The first kappa shape index (κ1) is 33.7. The largest absolute Gasteiger partial charge is 0.478 e. The summed E-state index contributed by atoms with van der Waals surface area (Å²) >= 11 is 1.43. The zero-order chi connectivity index (χ0) is 33.2. The lowest BCUT2D eigenvalue weighted by molar-refractivity contribution is -0.245. The molecular weight excluding hydrogens is 618 g/mol. The van der Waals surface area contributed by atoms with Gasteiger partial charge in [0, 0.05) is 41.2 Å². The van der Waals surface area contributed by atoms with Crippen LogP contribution >= 0.6 is 11.8 Å². The number of amides is 2. The maximum Gasteiger partial charge on any atom is 0.336 e. The van der Waals surface area contributed by atoms with Crippen molar-refractivity contribution in [2.75, 3.05) is 22.1 Å². The number of benzene rings is 4. The van der Waals surface area contributed by atoms with Crippen LogP contribution in [-0.4, -0.2) is 39.9 Å². The molecule has 3 atom stereocenters. The molecule has 1 fully saturated rings. The van der Waals surface area contributed by atoms with Gasteiger partial charge >= 0.3 is 5.97 Å². The summed E-state index contributed by atoms with van der Waals surface area (Å²) in [4.78, 5) is 37.2. The fraction of sp³-hybridized carbons (Fsp3) is 0.250. The highest BCUT2D eigenvalue weighted by molar-refractivity contribution is 7.99. The molecule has 0 radical (unpaired) electrons. The second-order valence-electron chi connectivity index (χ2n) is 11.1. The number of carbonyl (C=O) groups excluding carboxylic acids is 2. The smallest absolute Gasteiger partial charge is 0.336 e. The van der Waals surface area contributed by atoms with Crippen molar-refractivity contribution in [3.8, 4) is 0 Å². The molecule has 6 N–H and O–H groups in total. The molecule has 1 heterocycles. The van der Waals surface area contributed by atoms with E-state index >= 15 is 0 Å². The number of carboxylic acid groups (broad SMARTS) is 1. The van der Waals surface area contributed by atoms with E-state index in [0.717, 1.165) is 16.7 Å². The van der Waals surface area contributed by atoms with Crippen molar-refractivity contribution in [1.29, 1.82) is 0 Å². The summed E-state index contributed by atoms with van der Waals surface area (Å²) in [7, 11) is 0. The zero-order valence-corrected chi connectivity index (χ0v) is 26.5. The number of hydrogen-bond acceptors (Lipinski definition) is 8. The minimum absolute atomic E-state index is 0.0537. The molecule has 0 bridgehead atoms. The number of aliphatic hydroxyl groups is 1. The van der Waals surface area contributed by atoms with E-state index < -0.39 is 12.3 Å². The van der Waals surface area contributed by atoms with E-state index in [9.17, 15) is 24.6 Å². The molecular formula is C36H37N3O7S. The van der Waals surface area contributed by atoms with Crippen molar-refractivity contribution in [2.24, 2.45) is 0 Å². The molecule has 0 aromatic heterocycles. The zero-order valence-electron chi connectivity index (χ0n) is 25.6. The number of hydrogen-bond donors (Lipinski definition) is 5. The summed E-state index contributed by atoms with van der Waals surface area (Å²) in [5.74, 6) is -0.884. The molecule has 2 amide bonds. The van der Waals surface area contributed by atoms with Crippen LogP contribution in [0.3, 0.4) is 0 Å². The predicted molar refractivity (Wildman–Crippen MR) is 181 cm³/mol. The summed E-state index contributed by atoms with van der Waals surface area (Å²) in [6.07, 6.45) is 0.0477. The molecule has 0 aliphatic carbocycles. The number of carboxylic acids is 1. The van der Waals surface area contributed by atoms with Crippen LogP contribution in [0.4, 0.5) is 17.1 Å². The van der Waals surface area contributed by atoms with Crippen LogP contribution in [0.1, 0.15) is 65.1 Å². The maximum absolute atomic E-state index is 12.6. The third kappa shape index (κ3) is 9.43. The van der Waals surface area contributed by atoms with E-state index in [0.29, 0.717) is 40.6 Å². The number of nitrogen functional groups attached to an aromatic ring is 1. The van der Waals surface area contributed by atoms with Crippen molar-refractivity contribution in [1.82, 2.24) is 0 Å². The second kappa shape index (κ2) is 16.2. The summed E-state index contributed by atoms with van der Waals surface area (Å²) in [6, 6.07) is 28.7. The van der Waals surface area contributed by atoms with Crippen LogP contribution in [0, 0.1) is 0 Å². The molecule has 1 saturated heterocycles. The van der Waals surface area contributed by atoms with Crippen molar-refractivity contribution in [3.63, 3.8) is 0 Å². The fourth-order valence-corrected chi connectivity index (χ4v) is 6.22. The Kier molecular flexibility index (Phi) is 11.6. The lowest BCUT2D eigenvalue weighted by Gasteiger charge is -2.36. The van der Waals surface area contributed by atoms with E-state index in [4.69, 9.17) is 15.2 Å². The van der Waals surface area contributed by atoms with Gasteiger partial charge in [0.2, 0.25) is 11.8 Å². The molecule has 0 spiro atoms. The maximum atomic E-state index is 12.6. The molecule has 3 unspecified atom stereocenters. The van der Waals surface area contributed by atoms with Crippen molar-refractivity contribution < 1.29 is 34.1 Å². The molecule has 244 valence electrons. The molecule has 10 nitrogen and oxygen atoms in total. The second-order valence-corrected chi connectivity index (χ2v) is 12.2. The van der Waals surface area contributed by atoms with Crippen LogP contribution in [0.2, 0.25) is 0 Å². The van der Waals surface area contributed by atoms with Crippen molar-refractivity contribution in [3.05, 3.63) is 119 Å². The van der Waals surface area contributed by atoms with Gasteiger partial charge in [0.15, 0.2) is 6.29 Å². The van der Waals surface area contributed by atoms with Crippen LogP contribution < -0.4 is 16.4 Å². The minimum atomic E-state index is -0.980. The molecule has 1 aliphatic rings. The van der Waals surface area contributed by atoms with E-state index in [1.165, 1.54) is 11.8 Å².